The van der Waals surface area contributed by atoms with Crippen LogP contribution in [-0.4, -0.2) is 70.5 Å². The number of fused-ring (bicyclic) bond motifs is 1. The van der Waals surface area contributed by atoms with E-state index in [9.17, 15) is 4.79 Å². The van der Waals surface area contributed by atoms with Gasteiger partial charge in [0.2, 0.25) is 0 Å². The molecule has 1 saturated heterocycles. The Balaban J connectivity index is 1.36. The van der Waals surface area contributed by atoms with Gasteiger partial charge >= 0.3 is 0 Å². The molecule has 10 heteroatoms. The Hall–Kier alpha value is -3.92. The molecule has 0 radical (unpaired) electrons. The van der Waals surface area contributed by atoms with E-state index in [0.29, 0.717) is 11.3 Å². The van der Waals surface area contributed by atoms with Crippen LogP contribution in [0.25, 0.3) is 10.9 Å². The molecule has 1 aliphatic carbocycles. The number of nitrogens with one attached hydrogen (secondary N) is 1. The van der Waals surface area contributed by atoms with Crippen molar-refractivity contribution in [3.8, 4) is 11.5 Å². The van der Waals surface area contributed by atoms with E-state index >= 15 is 0 Å². The van der Waals surface area contributed by atoms with E-state index in [1.54, 1.807) is 14.2 Å². The number of nitrogens with zero attached hydrogens (tertiary/aromatic N) is 6. The van der Waals surface area contributed by atoms with Crippen molar-refractivity contribution in [1.29, 1.82) is 0 Å². The molecule has 1 atom stereocenters. The Bertz CT molecular complexity index is 1470. The zero-order valence-corrected chi connectivity index (χ0v) is 22.5. The quantitative estimate of drug-likeness (QED) is 0.384. The fourth-order valence-corrected chi connectivity index (χ4v) is 6.02. The molecule has 10 nitrogen and oxygen atoms in total. The van der Waals surface area contributed by atoms with E-state index in [1.165, 1.54) is 19.3 Å². The molecule has 1 saturated carbocycles. The SMILES string of the molecule is COc1ccc(N2CCN([C@H](c3cc4ccc(OC)cc4[nH]c3=O)c3nnnn3C3CCCCC3)CC2)cc1. The van der Waals surface area contributed by atoms with Crippen LogP contribution in [0.1, 0.15) is 55.6 Å². The molecule has 204 valence electrons. The van der Waals surface area contributed by atoms with Crippen molar-refractivity contribution >= 4 is 16.6 Å². The average Bonchev–Trinajstić information content (AvgIpc) is 3.47. The smallest absolute Gasteiger partial charge is 0.253 e. The molecule has 0 spiro atoms. The lowest BCUT2D eigenvalue weighted by molar-refractivity contribution is 0.192. The molecule has 2 aromatic heterocycles. The van der Waals surface area contributed by atoms with Crippen LogP contribution in [0.5, 0.6) is 11.5 Å². The summed E-state index contributed by atoms with van der Waals surface area (Å²) in [5.74, 6) is 2.30. The topological polar surface area (TPSA) is 101 Å². The van der Waals surface area contributed by atoms with Crippen molar-refractivity contribution in [3.63, 3.8) is 0 Å². The minimum atomic E-state index is -0.352. The molecule has 6 rings (SSSR count). The molecule has 1 aliphatic heterocycles. The highest BCUT2D eigenvalue weighted by molar-refractivity contribution is 5.80. The minimum Gasteiger partial charge on any atom is -0.497 e. The van der Waals surface area contributed by atoms with Crippen molar-refractivity contribution in [2.45, 2.75) is 44.2 Å². The highest BCUT2D eigenvalue weighted by Crippen LogP contribution is 2.34. The van der Waals surface area contributed by atoms with E-state index in [0.717, 1.165) is 67.2 Å². The molecule has 4 aromatic rings. The highest BCUT2D eigenvalue weighted by atomic mass is 16.5. The Kier molecular flexibility index (Phi) is 7.19. The third-order valence-corrected chi connectivity index (χ3v) is 8.18. The van der Waals surface area contributed by atoms with Gasteiger partial charge in [0.05, 0.1) is 25.8 Å². The molecule has 2 aliphatic rings. The molecule has 0 unspecified atom stereocenters. The van der Waals surface area contributed by atoms with Gasteiger partial charge in [0.15, 0.2) is 5.82 Å². The lowest BCUT2D eigenvalue weighted by atomic mass is 9.95. The fraction of sp³-hybridized carbons (Fsp3) is 0.448. The van der Waals surface area contributed by atoms with E-state index in [1.807, 2.05) is 41.1 Å². The zero-order chi connectivity index (χ0) is 26.8. The van der Waals surface area contributed by atoms with Gasteiger partial charge in [-0.1, -0.05) is 19.3 Å². The van der Waals surface area contributed by atoms with Gasteiger partial charge in [0, 0.05) is 43.5 Å². The van der Waals surface area contributed by atoms with Crippen molar-refractivity contribution < 1.29 is 9.47 Å². The standard InChI is InChI=1S/C29H35N7O3/c1-38-23-12-9-21(10-13-23)34-14-16-35(17-15-34)27(28-31-32-33-36(28)22-6-4-3-5-7-22)25-18-20-8-11-24(39-2)19-26(20)30-29(25)37/h8-13,18-19,22,27H,3-7,14-17H2,1-2H3,(H,30,37)/t27-/m1/s1. The Labute approximate surface area is 227 Å². The summed E-state index contributed by atoms with van der Waals surface area (Å²) in [6.07, 6.45) is 5.72. The van der Waals surface area contributed by atoms with E-state index in [-0.39, 0.29) is 17.6 Å². The van der Waals surface area contributed by atoms with Crippen LogP contribution >= 0.6 is 0 Å². The summed E-state index contributed by atoms with van der Waals surface area (Å²) >= 11 is 0. The van der Waals surface area contributed by atoms with Gasteiger partial charge in [-0.3, -0.25) is 9.69 Å². The molecule has 1 N–H and O–H groups in total. The maximum Gasteiger partial charge on any atom is 0.253 e. The molecule has 0 amide bonds. The van der Waals surface area contributed by atoms with Gasteiger partial charge < -0.3 is 19.4 Å². The van der Waals surface area contributed by atoms with Crippen LogP contribution in [0, 0.1) is 0 Å². The van der Waals surface area contributed by atoms with Crippen molar-refractivity contribution in [3.05, 3.63) is 70.3 Å². The van der Waals surface area contributed by atoms with E-state index in [2.05, 4.69) is 42.4 Å². The lowest BCUT2D eigenvalue weighted by Crippen LogP contribution is -2.49. The number of ether oxygens (including phenoxy) is 2. The van der Waals surface area contributed by atoms with Crippen LogP contribution in [0.2, 0.25) is 0 Å². The van der Waals surface area contributed by atoms with Crippen LogP contribution in [0.3, 0.4) is 0 Å². The number of hydrogen-bond donors (Lipinski definition) is 1. The number of benzene rings is 2. The first-order valence-electron chi connectivity index (χ1n) is 13.8. The van der Waals surface area contributed by atoms with Crippen molar-refractivity contribution in [2.24, 2.45) is 0 Å². The lowest BCUT2D eigenvalue weighted by Gasteiger charge is -2.40. The molecule has 3 heterocycles. The number of aromatic nitrogens is 5. The summed E-state index contributed by atoms with van der Waals surface area (Å²) in [5.41, 5.74) is 2.45. The number of anilines is 1. The first-order valence-corrected chi connectivity index (χ1v) is 13.8. The minimum absolute atomic E-state index is 0.128. The second-order valence-corrected chi connectivity index (χ2v) is 10.4. The van der Waals surface area contributed by atoms with E-state index in [4.69, 9.17) is 9.47 Å². The summed E-state index contributed by atoms with van der Waals surface area (Å²) in [7, 11) is 3.31. The largest absolute Gasteiger partial charge is 0.497 e. The first-order chi connectivity index (χ1) is 19.1. The van der Waals surface area contributed by atoms with Gasteiger partial charge in [-0.05, 0) is 71.1 Å². The van der Waals surface area contributed by atoms with Gasteiger partial charge in [-0.25, -0.2) is 4.68 Å². The van der Waals surface area contributed by atoms with Crippen LogP contribution in [-0.2, 0) is 0 Å². The Morgan fingerprint density at radius 3 is 2.33 bits per heavy atom. The number of tetrazole rings is 1. The van der Waals surface area contributed by atoms with Gasteiger partial charge in [-0.15, -0.1) is 5.10 Å². The average molecular weight is 530 g/mol. The number of piperazine rings is 1. The van der Waals surface area contributed by atoms with Crippen LogP contribution in [0.4, 0.5) is 5.69 Å². The molecular weight excluding hydrogens is 494 g/mol. The molecule has 0 bridgehead atoms. The zero-order valence-electron chi connectivity index (χ0n) is 22.5. The van der Waals surface area contributed by atoms with Gasteiger partial charge in [0.1, 0.15) is 17.5 Å². The third kappa shape index (κ3) is 5.08. The number of pyridine rings is 1. The number of H-pyrrole nitrogens is 1. The number of methoxy groups -OCH3 is 2. The van der Waals surface area contributed by atoms with Crippen molar-refractivity contribution in [2.75, 3.05) is 45.3 Å². The molecule has 2 fully saturated rings. The summed E-state index contributed by atoms with van der Waals surface area (Å²) in [4.78, 5) is 21.4. The number of rotatable bonds is 7. The first kappa shape index (κ1) is 25.4. The van der Waals surface area contributed by atoms with Crippen LogP contribution < -0.4 is 19.9 Å². The van der Waals surface area contributed by atoms with Gasteiger partial charge in [-0.2, -0.15) is 0 Å². The van der Waals surface area contributed by atoms with Crippen LogP contribution in [0.15, 0.2) is 53.3 Å². The highest BCUT2D eigenvalue weighted by Gasteiger charge is 2.34. The Morgan fingerprint density at radius 2 is 1.62 bits per heavy atom. The second kappa shape index (κ2) is 11.1. The molecule has 39 heavy (non-hydrogen) atoms. The normalized spacial score (nSPS) is 17.8. The summed E-state index contributed by atoms with van der Waals surface area (Å²) in [6.45, 7) is 3.20. The summed E-state index contributed by atoms with van der Waals surface area (Å²) in [6, 6.07) is 15.8. The maximum absolute atomic E-state index is 13.6. The Morgan fingerprint density at radius 1 is 0.897 bits per heavy atom. The number of hydrogen-bond acceptors (Lipinski definition) is 8. The fourth-order valence-electron chi connectivity index (χ4n) is 6.02. The predicted octanol–water partition coefficient (Wildman–Crippen LogP) is 3.95. The molecular formula is C29H35N7O3. The number of aromatic amines is 1. The monoisotopic (exact) mass is 529 g/mol. The third-order valence-electron chi connectivity index (χ3n) is 8.18. The van der Waals surface area contributed by atoms with Gasteiger partial charge in [0.25, 0.3) is 5.56 Å². The second-order valence-electron chi connectivity index (χ2n) is 10.4. The van der Waals surface area contributed by atoms with Crippen molar-refractivity contribution in [1.82, 2.24) is 30.1 Å². The van der Waals surface area contributed by atoms with E-state index < -0.39 is 0 Å². The summed E-state index contributed by atoms with van der Waals surface area (Å²) in [5, 5.41) is 14.1. The molecule has 2 aromatic carbocycles. The predicted molar refractivity (Wildman–Crippen MR) is 150 cm³/mol. The summed E-state index contributed by atoms with van der Waals surface area (Å²) < 4.78 is 12.7. The maximum atomic E-state index is 13.6.